The van der Waals surface area contributed by atoms with Crippen LogP contribution >= 0.6 is 0 Å². The van der Waals surface area contributed by atoms with E-state index in [-0.39, 0.29) is 12.5 Å². The van der Waals surface area contributed by atoms with Gasteiger partial charge in [-0.25, -0.2) is 4.79 Å². The Labute approximate surface area is 135 Å². The molecule has 0 radical (unpaired) electrons. The molecule has 124 valence electrons. The Morgan fingerprint density at radius 3 is 2.65 bits per heavy atom. The molecule has 1 amide bonds. The Kier molecular flexibility index (Phi) is 5.05. The van der Waals surface area contributed by atoms with Gasteiger partial charge in [0.1, 0.15) is 11.6 Å². The average molecular weight is 317 g/mol. The van der Waals surface area contributed by atoms with Gasteiger partial charge in [-0.1, -0.05) is 18.2 Å². The van der Waals surface area contributed by atoms with Crippen molar-refractivity contribution in [3.63, 3.8) is 0 Å². The number of H-pyrrole nitrogens is 1. The molecule has 1 aromatic carbocycles. The normalized spacial score (nSPS) is 12.9. The minimum absolute atomic E-state index is 0.173. The van der Waals surface area contributed by atoms with E-state index in [1.165, 1.54) is 0 Å². The summed E-state index contributed by atoms with van der Waals surface area (Å²) in [5, 5.41) is 3.66. The van der Waals surface area contributed by atoms with Gasteiger partial charge in [0.2, 0.25) is 5.91 Å². The molecule has 2 aromatic rings. The quantitative estimate of drug-likeness (QED) is 0.728. The first-order valence-corrected chi connectivity index (χ1v) is 7.57. The van der Waals surface area contributed by atoms with E-state index in [0.29, 0.717) is 6.42 Å². The second-order valence-electron chi connectivity index (χ2n) is 6.42. The van der Waals surface area contributed by atoms with Crippen molar-refractivity contribution in [1.29, 1.82) is 0 Å². The number of hydrogen-bond acceptors (Lipinski definition) is 4. The summed E-state index contributed by atoms with van der Waals surface area (Å²) in [5.74, 6) is -0.856. The van der Waals surface area contributed by atoms with E-state index in [1.807, 2.05) is 30.5 Å². The number of nitrogens with one attached hydrogen (secondary N) is 2. The number of aromatic amines is 1. The van der Waals surface area contributed by atoms with Crippen molar-refractivity contribution in [2.24, 2.45) is 5.73 Å². The minimum Gasteiger partial charge on any atom is -0.458 e. The minimum atomic E-state index is -0.774. The van der Waals surface area contributed by atoms with E-state index >= 15 is 0 Å². The van der Waals surface area contributed by atoms with Gasteiger partial charge in [0.05, 0.1) is 6.54 Å². The van der Waals surface area contributed by atoms with E-state index in [9.17, 15) is 9.59 Å². The highest BCUT2D eigenvalue weighted by Crippen LogP contribution is 2.20. The highest BCUT2D eigenvalue weighted by molar-refractivity contribution is 5.87. The van der Waals surface area contributed by atoms with Crippen LogP contribution < -0.4 is 11.1 Å². The van der Waals surface area contributed by atoms with Crippen LogP contribution in [0, 0.1) is 0 Å². The number of aromatic nitrogens is 1. The number of benzene rings is 1. The number of rotatable bonds is 5. The molecule has 0 saturated carbocycles. The fourth-order valence-corrected chi connectivity index (χ4v) is 2.34. The zero-order valence-corrected chi connectivity index (χ0v) is 13.7. The molecular weight excluding hydrogens is 294 g/mol. The van der Waals surface area contributed by atoms with Crippen LogP contribution in [0.25, 0.3) is 10.9 Å². The zero-order chi connectivity index (χ0) is 17.0. The molecule has 0 bridgehead atoms. The Morgan fingerprint density at radius 2 is 2.00 bits per heavy atom. The fraction of sp³-hybridized carbons (Fsp3) is 0.412. The van der Waals surface area contributed by atoms with Crippen LogP contribution in [0.5, 0.6) is 0 Å². The largest absolute Gasteiger partial charge is 0.458 e. The molecule has 1 atom stereocenters. The molecule has 0 unspecified atom stereocenters. The first-order valence-electron chi connectivity index (χ1n) is 7.57. The van der Waals surface area contributed by atoms with Gasteiger partial charge in [-0.15, -0.1) is 0 Å². The fourth-order valence-electron chi connectivity index (χ4n) is 2.34. The third kappa shape index (κ3) is 4.56. The number of nitrogens with two attached hydrogens (primary N) is 1. The first kappa shape index (κ1) is 17.0. The number of carbonyl (C=O) groups excluding carboxylic acids is 2. The van der Waals surface area contributed by atoms with Crippen molar-refractivity contribution in [2.75, 3.05) is 6.54 Å². The maximum absolute atomic E-state index is 12.4. The molecule has 23 heavy (non-hydrogen) atoms. The molecule has 0 saturated heterocycles. The summed E-state index contributed by atoms with van der Waals surface area (Å²) in [6, 6.07) is 7.02. The lowest BCUT2D eigenvalue weighted by Gasteiger charge is -2.24. The molecule has 1 heterocycles. The van der Waals surface area contributed by atoms with Crippen molar-refractivity contribution in [1.82, 2.24) is 10.3 Å². The standard InChI is InChI=1S/C17H23N3O3/c1-17(2,3)23-16(22)14(20-15(21)9-18)8-11-10-19-13-7-5-4-6-12(11)13/h4-7,10,14,19H,8-9,18H2,1-3H3,(H,20,21)/t14-/m0/s1. The van der Waals surface area contributed by atoms with Crippen LogP contribution in [0.3, 0.4) is 0 Å². The van der Waals surface area contributed by atoms with Crippen LogP contribution in [0.4, 0.5) is 0 Å². The summed E-state index contributed by atoms with van der Waals surface area (Å²) < 4.78 is 5.40. The highest BCUT2D eigenvalue weighted by Gasteiger charge is 2.27. The molecule has 0 aliphatic heterocycles. The van der Waals surface area contributed by atoms with Gasteiger partial charge in [0, 0.05) is 23.5 Å². The van der Waals surface area contributed by atoms with Crippen LogP contribution in [-0.2, 0) is 20.7 Å². The van der Waals surface area contributed by atoms with Gasteiger partial charge < -0.3 is 20.8 Å². The van der Waals surface area contributed by atoms with E-state index in [1.54, 1.807) is 20.8 Å². The van der Waals surface area contributed by atoms with E-state index in [4.69, 9.17) is 10.5 Å². The second kappa shape index (κ2) is 6.83. The number of ether oxygens (including phenoxy) is 1. The first-order chi connectivity index (χ1) is 10.8. The lowest BCUT2D eigenvalue weighted by atomic mass is 10.0. The molecule has 1 aromatic heterocycles. The maximum Gasteiger partial charge on any atom is 0.329 e. The van der Waals surface area contributed by atoms with Crippen LogP contribution in [0.1, 0.15) is 26.3 Å². The smallest absolute Gasteiger partial charge is 0.329 e. The predicted molar refractivity (Wildman–Crippen MR) is 88.8 cm³/mol. The second-order valence-corrected chi connectivity index (χ2v) is 6.42. The molecule has 6 nitrogen and oxygen atoms in total. The number of fused-ring (bicyclic) bond motifs is 1. The van der Waals surface area contributed by atoms with E-state index in [2.05, 4.69) is 10.3 Å². The number of hydrogen-bond donors (Lipinski definition) is 3. The van der Waals surface area contributed by atoms with Crippen LogP contribution in [-0.4, -0.2) is 35.0 Å². The SMILES string of the molecule is CC(C)(C)OC(=O)[C@H](Cc1c[nH]c2ccccc12)NC(=O)CN. The van der Waals surface area contributed by atoms with Crippen molar-refractivity contribution >= 4 is 22.8 Å². The van der Waals surface area contributed by atoms with Gasteiger partial charge in [0.25, 0.3) is 0 Å². The van der Waals surface area contributed by atoms with Gasteiger partial charge in [-0.3, -0.25) is 4.79 Å². The number of carbonyl (C=O) groups is 2. The number of amides is 1. The Bertz CT molecular complexity index is 700. The number of esters is 1. The Hall–Kier alpha value is -2.34. The summed E-state index contributed by atoms with van der Waals surface area (Å²) in [4.78, 5) is 27.2. The molecule has 2 rings (SSSR count). The van der Waals surface area contributed by atoms with Crippen molar-refractivity contribution in [3.05, 3.63) is 36.0 Å². The predicted octanol–water partition coefficient (Wildman–Crippen LogP) is 1.50. The van der Waals surface area contributed by atoms with Crippen LogP contribution in [0.2, 0.25) is 0 Å². The highest BCUT2D eigenvalue weighted by atomic mass is 16.6. The Balaban J connectivity index is 2.23. The van der Waals surface area contributed by atoms with Crippen LogP contribution in [0.15, 0.2) is 30.5 Å². The summed E-state index contributed by atoms with van der Waals surface area (Å²) in [6.45, 7) is 5.20. The molecule has 0 fully saturated rings. The van der Waals surface area contributed by atoms with Gasteiger partial charge in [-0.05, 0) is 32.4 Å². The summed E-state index contributed by atoms with van der Waals surface area (Å²) in [6.07, 6.45) is 2.18. The molecule has 0 aliphatic rings. The summed E-state index contributed by atoms with van der Waals surface area (Å²) in [7, 11) is 0. The topological polar surface area (TPSA) is 97.2 Å². The van der Waals surface area contributed by atoms with E-state index in [0.717, 1.165) is 16.5 Å². The lowest BCUT2D eigenvalue weighted by molar-refractivity contribution is -0.158. The monoisotopic (exact) mass is 317 g/mol. The maximum atomic E-state index is 12.4. The molecule has 4 N–H and O–H groups in total. The van der Waals surface area contributed by atoms with Crippen molar-refractivity contribution in [2.45, 2.75) is 38.8 Å². The molecule has 6 heteroatoms. The molecular formula is C17H23N3O3. The van der Waals surface area contributed by atoms with Crippen molar-refractivity contribution in [3.8, 4) is 0 Å². The third-order valence-corrected chi connectivity index (χ3v) is 3.31. The van der Waals surface area contributed by atoms with Gasteiger partial charge >= 0.3 is 5.97 Å². The number of para-hydroxylation sites is 1. The summed E-state index contributed by atoms with van der Waals surface area (Å²) in [5.41, 5.74) is 6.64. The van der Waals surface area contributed by atoms with Crippen molar-refractivity contribution < 1.29 is 14.3 Å². The Morgan fingerprint density at radius 1 is 1.30 bits per heavy atom. The summed E-state index contributed by atoms with van der Waals surface area (Å²) >= 11 is 0. The molecule has 0 spiro atoms. The average Bonchev–Trinajstić information content (AvgIpc) is 2.88. The zero-order valence-electron chi connectivity index (χ0n) is 13.7. The third-order valence-electron chi connectivity index (χ3n) is 3.31. The lowest BCUT2D eigenvalue weighted by Crippen LogP contribution is -2.47. The molecule has 0 aliphatic carbocycles. The van der Waals surface area contributed by atoms with Gasteiger partial charge in [0.15, 0.2) is 0 Å². The van der Waals surface area contributed by atoms with E-state index < -0.39 is 17.6 Å². The van der Waals surface area contributed by atoms with Gasteiger partial charge in [-0.2, -0.15) is 0 Å².